The molecule has 0 spiro atoms. The second kappa shape index (κ2) is 6.99. The Kier molecular flexibility index (Phi) is 4.28. The number of aliphatic imine (C=N–C) groups is 1. The van der Waals surface area contributed by atoms with E-state index < -0.39 is 5.90 Å². The first-order valence-corrected chi connectivity index (χ1v) is 10.0. The molecular formula is C20H17N5O4S. The molecule has 3 aromatic heterocycles. The van der Waals surface area contributed by atoms with E-state index in [0.29, 0.717) is 32.3 Å². The van der Waals surface area contributed by atoms with Gasteiger partial charge in [-0.1, -0.05) is 0 Å². The molecule has 4 heterocycles. The average Bonchev–Trinajstić information content (AvgIpc) is 3.46. The summed E-state index contributed by atoms with van der Waals surface area (Å²) in [5.41, 5.74) is 8.18. The molecule has 10 heteroatoms. The quantitative estimate of drug-likeness (QED) is 0.304. The third kappa shape index (κ3) is 3.11. The number of hydrogen-bond donors (Lipinski definition) is 1. The van der Waals surface area contributed by atoms with Crippen molar-refractivity contribution in [2.45, 2.75) is 19.9 Å². The van der Waals surface area contributed by atoms with Gasteiger partial charge >= 0.3 is 5.88 Å². The summed E-state index contributed by atoms with van der Waals surface area (Å²) in [7, 11) is 0. The standard InChI is InChI=1S/C20H17N5O4S/c1-10(2)25-8-16(29-24-25)23-19(26)18-17(21)12-4-5-13(22-20(12)30-18)11-3-6-14-15(7-11)28-9-27-14/h3-8,10H,9H2,1-2H3,(H2-,21,23,24,26). The molecule has 5 rings (SSSR count). The molecule has 0 radical (unpaired) electrons. The Balaban J connectivity index is 1.51. The molecule has 0 atom stereocenters. The Morgan fingerprint density at radius 2 is 2.07 bits per heavy atom. The Hall–Kier alpha value is -3.66. The summed E-state index contributed by atoms with van der Waals surface area (Å²) in [4.78, 5) is 9.63. The molecule has 1 aliphatic rings. The van der Waals surface area contributed by atoms with Crippen LogP contribution in [0.25, 0.3) is 21.5 Å². The summed E-state index contributed by atoms with van der Waals surface area (Å²) in [6.45, 7) is 4.10. The van der Waals surface area contributed by atoms with Crippen LogP contribution in [0.15, 0.2) is 46.0 Å². The molecule has 0 fully saturated rings. The molecule has 0 saturated carbocycles. The maximum Gasteiger partial charge on any atom is 0.320 e. The zero-order chi connectivity index (χ0) is 20.8. The lowest BCUT2D eigenvalue weighted by Crippen LogP contribution is -2.36. The molecule has 0 unspecified atom stereocenters. The van der Waals surface area contributed by atoms with Crippen LogP contribution in [-0.2, 0) is 0 Å². The van der Waals surface area contributed by atoms with E-state index in [1.807, 2.05) is 44.2 Å². The predicted octanol–water partition coefficient (Wildman–Crippen LogP) is 2.57. The number of nitrogens with two attached hydrogens (primary N) is 1. The predicted molar refractivity (Wildman–Crippen MR) is 109 cm³/mol. The van der Waals surface area contributed by atoms with Gasteiger partial charge in [0.25, 0.3) is 6.20 Å². The van der Waals surface area contributed by atoms with Crippen LogP contribution in [0.2, 0.25) is 0 Å². The van der Waals surface area contributed by atoms with Crippen molar-refractivity contribution in [3.63, 3.8) is 0 Å². The number of benzene rings is 1. The summed E-state index contributed by atoms with van der Waals surface area (Å²) in [5.74, 6) is 1.02. The molecule has 0 saturated heterocycles. The van der Waals surface area contributed by atoms with Crippen LogP contribution in [0.4, 0.5) is 11.6 Å². The normalized spacial score (nSPS) is 13.5. The molecule has 152 valence electrons. The highest BCUT2D eigenvalue weighted by molar-refractivity contribution is 7.21. The smallest absolute Gasteiger partial charge is 0.320 e. The first kappa shape index (κ1) is 18.4. The fourth-order valence-electron chi connectivity index (χ4n) is 3.07. The van der Waals surface area contributed by atoms with Gasteiger partial charge < -0.3 is 20.3 Å². The van der Waals surface area contributed by atoms with Crippen molar-refractivity contribution in [2.75, 3.05) is 12.5 Å². The van der Waals surface area contributed by atoms with Crippen molar-refractivity contribution < 1.29 is 23.8 Å². The van der Waals surface area contributed by atoms with Crippen molar-refractivity contribution in [3.8, 4) is 22.8 Å². The molecule has 30 heavy (non-hydrogen) atoms. The van der Waals surface area contributed by atoms with Crippen molar-refractivity contribution in [2.24, 2.45) is 4.99 Å². The van der Waals surface area contributed by atoms with Crippen LogP contribution < -0.4 is 25.0 Å². The van der Waals surface area contributed by atoms with Crippen molar-refractivity contribution in [3.05, 3.63) is 41.4 Å². The Bertz CT molecular complexity index is 1290. The summed E-state index contributed by atoms with van der Waals surface area (Å²) >= 11 is 1.19. The minimum Gasteiger partial charge on any atom is -0.857 e. The molecule has 9 nitrogen and oxygen atoms in total. The van der Waals surface area contributed by atoms with Crippen LogP contribution in [0.3, 0.4) is 0 Å². The van der Waals surface area contributed by atoms with Crippen molar-refractivity contribution in [1.82, 2.24) is 10.3 Å². The van der Waals surface area contributed by atoms with Crippen LogP contribution >= 0.6 is 11.3 Å². The summed E-state index contributed by atoms with van der Waals surface area (Å²) < 4.78 is 17.5. The summed E-state index contributed by atoms with van der Waals surface area (Å²) in [6.07, 6.45) is 1.57. The SMILES string of the molecule is CC(C)[n+]1cc(/N=C(\[O-])c2sc3nc(-c4ccc5c(c4)OCO5)ccc3c2N)on1. The number of nitrogens with zero attached hydrogens (tertiary/aromatic N) is 4. The molecule has 2 N–H and O–H groups in total. The number of fused-ring (bicyclic) bond motifs is 2. The molecular weight excluding hydrogens is 406 g/mol. The molecule has 0 aliphatic carbocycles. The molecule has 1 aromatic carbocycles. The van der Waals surface area contributed by atoms with Crippen molar-refractivity contribution in [1.29, 1.82) is 0 Å². The van der Waals surface area contributed by atoms with Crippen LogP contribution in [-0.4, -0.2) is 22.9 Å². The number of thiophene rings is 1. The number of pyridine rings is 1. The minimum absolute atomic E-state index is 0.0981. The number of ether oxygens (including phenoxy) is 2. The van der Waals surface area contributed by atoms with E-state index in [0.717, 1.165) is 11.3 Å². The van der Waals surface area contributed by atoms with Crippen LogP contribution in [0, 0.1) is 0 Å². The Morgan fingerprint density at radius 3 is 2.87 bits per heavy atom. The Labute approximate surface area is 175 Å². The van der Waals surface area contributed by atoms with E-state index in [9.17, 15) is 5.11 Å². The maximum atomic E-state index is 12.7. The van der Waals surface area contributed by atoms with Gasteiger partial charge in [0.2, 0.25) is 12.1 Å². The van der Waals surface area contributed by atoms with Gasteiger partial charge in [-0.2, -0.15) is 0 Å². The fraction of sp³-hybridized carbons (Fsp3) is 0.200. The zero-order valence-electron chi connectivity index (χ0n) is 16.2. The largest absolute Gasteiger partial charge is 0.857 e. The van der Waals surface area contributed by atoms with E-state index in [4.69, 9.17) is 19.7 Å². The van der Waals surface area contributed by atoms with E-state index in [1.54, 1.807) is 10.9 Å². The summed E-state index contributed by atoms with van der Waals surface area (Å²) in [5, 5.41) is 17.2. The van der Waals surface area contributed by atoms with Crippen LogP contribution in [0.1, 0.15) is 24.8 Å². The van der Waals surface area contributed by atoms with Gasteiger partial charge in [0.15, 0.2) is 17.5 Å². The maximum absolute atomic E-state index is 12.7. The molecule has 0 bridgehead atoms. The monoisotopic (exact) mass is 423 g/mol. The lowest BCUT2D eigenvalue weighted by molar-refractivity contribution is -0.779. The number of anilines is 1. The third-order valence-electron chi connectivity index (χ3n) is 4.67. The molecule has 1 aliphatic heterocycles. The number of rotatable bonds is 4. The van der Waals surface area contributed by atoms with Crippen molar-refractivity contribution >= 4 is 39.0 Å². The zero-order valence-corrected chi connectivity index (χ0v) is 17.0. The second-order valence-corrected chi connectivity index (χ2v) is 7.99. The van der Waals surface area contributed by atoms with Crippen LogP contribution in [0.5, 0.6) is 11.5 Å². The highest BCUT2D eigenvalue weighted by atomic mass is 32.1. The number of nitrogen functional groups attached to an aromatic ring is 1. The van der Waals surface area contributed by atoms with Gasteiger partial charge in [0, 0.05) is 16.8 Å². The van der Waals surface area contributed by atoms with Gasteiger partial charge in [-0.05, 0) is 48.9 Å². The first-order valence-electron chi connectivity index (χ1n) is 9.23. The van der Waals surface area contributed by atoms with E-state index >= 15 is 0 Å². The lowest BCUT2D eigenvalue weighted by Gasteiger charge is -2.06. The van der Waals surface area contributed by atoms with Gasteiger partial charge in [-0.15, -0.1) is 11.3 Å². The average molecular weight is 423 g/mol. The highest BCUT2D eigenvalue weighted by Gasteiger charge is 2.18. The van der Waals surface area contributed by atoms with Gasteiger partial charge in [-0.25, -0.2) is 9.98 Å². The minimum atomic E-state index is -0.493. The number of aromatic nitrogens is 3. The van der Waals surface area contributed by atoms with E-state index in [2.05, 4.69) is 15.2 Å². The highest BCUT2D eigenvalue weighted by Crippen LogP contribution is 2.38. The van der Waals surface area contributed by atoms with Gasteiger partial charge in [0.1, 0.15) is 4.83 Å². The fourth-order valence-corrected chi connectivity index (χ4v) is 4.04. The van der Waals surface area contributed by atoms with Gasteiger partial charge in [0.05, 0.1) is 16.3 Å². The van der Waals surface area contributed by atoms with E-state index in [-0.39, 0.29) is 18.7 Å². The Morgan fingerprint density at radius 1 is 1.23 bits per heavy atom. The lowest BCUT2D eigenvalue weighted by atomic mass is 10.1. The topological polar surface area (TPSA) is 123 Å². The third-order valence-corrected chi connectivity index (χ3v) is 5.77. The first-order chi connectivity index (χ1) is 14.5. The van der Waals surface area contributed by atoms with Gasteiger partial charge in [-0.3, -0.25) is 4.52 Å². The summed E-state index contributed by atoms with van der Waals surface area (Å²) in [6, 6.07) is 9.45. The number of hydrogen-bond acceptors (Lipinski definition) is 9. The van der Waals surface area contributed by atoms with E-state index in [1.165, 1.54) is 11.3 Å². The second-order valence-electron chi connectivity index (χ2n) is 6.99. The molecule has 4 aromatic rings. The molecule has 0 amide bonds.